The van der Waals surface area contributed by atoms with Crippen LogP contribution in [0.25, 0.3) is 11.1 Å². The molecule has 0 saturated heterocycles. The van der Waals surface area contributed by atoms with Gasteiger partial charge < -0.3 is 14.8 Å². The molecule has 3 aromatic carbocycles. The summed E-state index contributed by atoms with van der Waals surface area (Å²) in [5.74, 6) is 0.197. The second kappa shape index (κ2) is 13.3. The van der Waals surface area contributed by atoms with Crippen molar-refractivity contribution in [3.8, 4) is 22.6 Å². The fourth-order valence-corrected chi connectivity index (χ4v) is 3.75. The molecular weight excluding hydrogens is 496 g/mol. The minimum Gasteiger partial charge on any atom is -0.491 e. The van der Waals surface area contributed by atoms with E-state index in [9.17, 15) is 26.3 Å². The molecule has 0 aliphatic heterocycles. The summed E-state index contributed by atoms with van der Waals surface area (Å²) >= 11 is 0. The van der Waals surface area contributed by atoms with Gasteiger partial charge in [-0.05, 0) is 73.1 Å². The summed E-state index contributed by atoms with van der Waals surface area (Å²) in [6, 6.07) is 20.9. The largest absolute Gasteiger partial charge is 0.573 e. The predicted octanol–water partition coefficient (Wildman–Crippen LogP) is 8.80. The third-order valence-corrected chi connectivity index (χ3v) is 5.56. The summed E-state index contributed by atoms with van der Waals surface area (Å²) in [7, 11) is 0. The van der Waals surface area contributed by atoms with Gasteiger partial charge in [0.05, 0.1) is 12.3 Å². The second-order valence-electron chi connectivity index (χ2n) is 8.57. The van der Waals surface area contributed by atoms with E-state index in [2.05, 4.69) is 22.2 Å². The molecule has 3 aromatic rings. The fourth-order valence-electron chi connectivity index (χ4n) is 3.75. The molecular formula is C28H29F6NO2. The molecule has 0 aliphatic carbocycles. The number of unbranched alkanes of at least 4 members (excludes halogenated alkanes) is 2. The SMILES string of the molecule is FC(F)(F)CCCCOc1ccc(-c2ccc(OC(F)(F)F)cc2)cc1NCCCCc1ccccc1. The van der Waals surface area contributed by atoms with Gasteiger partial charge in [-0.25, -0.2) is 0 Å². The Labute approximate surface area is 212 Å². The van der Waals surface area contributed by atoms with Gasteiger partial charge in [-0.2, -0.15) is 13.2 Å². The first kappa shape index (κ1) is 28.2. The van der Waals surface area contributed by atoms with E-state index < -0.39 is 19.0 Å². The molecule has 0 aromatic heterocycles. The van der Waals surface area contributed by atoms with Crippen LogP contribution in [0, 0.1) is 0 Å². The smallest absolute Gasteiger partial charge is 0.491 e. The van der Waals surface area contributed by atoms with E-state index in [1.54, 1.807) is 12.1 Å². The van der Waals surface area contributed by atoms with Crippen LogP contribution in [0.2, 0.25) is 0 Å². The Hall–Kier alpha value is -3.36. The second-order valence-corrected chi connectivity index (χ2v) is 8.57. The zero-order valence-corrected chi connectivity index (χ0v) is 20.2. The summed E-state index contributed by atoms with van der Waals surface area (Å²) in [4.78, 5) is 0. The summed E-state index contributed by atoms with van der Waals surface area (Å²) in [6.07, 6.45) is -6.77. The summed E-state index contributed by atoms with van der Waals surface area (Å²) < 4.78 is 84.1. The lowest BCUT2D eigenvalue weighted by atomic mass is 10.0. The number of aryl methyl sites for hydroxylation is 1. The van der Waals surface area contributed by atoms with Crippen LogP contribution < -0.4 is 14.8 Å². The molecule has 0 amide bonds. The van der Waals surface area contributed by atoms with Gasteiger partial charge in [-0.3, -0.25) is 0 Å². The highest BCUT2D eigenvalue weighted by Crippen LogP contribution is 2.33. The minimum atomic E-state index is -4.77. The fraction of sp³-hybridized carbons (Fsp3) is 0.357. The standard InChI is InChI=1S/C28H29F6NO2/c29-27(30,31)17-5-7-19-36-26-16-13-23(22-11-14-24(15-12-22)37-28(32,33)34)20-25(26)35-18-6-4-10-21-8-2-1-3-9-21/h1-3,8-9,11-16,20,35H,4-7,10,17-19H2. The topological polar surface area (TPSA) is 30.5 Å². The van der Waals surface area contributed by atoms with Crippen molar-refractivity contribution in [2.45, 2.75) is 51.1 Å². The van der Waals surface area contributed by atoms with Crippen LogP contribution >= 0.6 is 0 Å². The maximum absolute atomic E-state index is 12.4. The first-order chi connectivity index (χ1) is 17.6. The predicted molar refractivity (Wildman–Crippen MR) is 132 cm³/mol. The van der Waals surface area contributed by atoms with E-state index in [4.69, 9.17) is 4.74 Å². The Morgan fingerprint density at radius 1 is 0.703 bits per heavy atom. The first-order valence-electron chi connectivity index (χ1n) is 12.1. The molecule has 200 valence electrons. The Morgan fingerprint density at radius 3 is 2.08 bits per heavy atom. The van der Waals surface area contributed by atoms with Gasteiger partial charge in [-0.15, -0.1) is 13.2 Å². The number of hydrogen-bond acceptors (Lipinski definition) is 3. The number of rotatable bonds is 13. The van der Waals surface area contributed by atoms with Crippen LogP contribution in [-0.2, 0) is 6.42 Å². The maximum Gasteiger partial charge on any atom is 0.573 e. The van der Waals surface area contributed by atoms with Crippen LogP contribution in [-0.4, -0.2) is 25.7 Å². The van der Waals surface area contributed by atoms with Crippen LogP contribution in [0.5, 0.6) is 11.5 Å². The molecule has 0 radical (unpaired) electrons. The van der Waals surface area contributed by atoms with Gasteiger partial charge >= 0.3 is 12.5 Å². The van der Waals surface area contributed by atoms with Crippen molar-refractivity contribution in [2.75, 3.05) is 18.5 Å². The van der Waals surface area contributed by atoms with Crippen LogP contribution in [0.15, 0.2) is 72.8 Å². The molecule has 0 bridgehead atoms. The minimum absolute atomic E-state index is 0.0177. The van der Waals surface area contributed by atoms with Gasteiger partial charge in [0.2, 0.25) is 0 Å². The highest BCUT2D eigenvalue weighted by atomic mass is 19.4. The van der Waals surface area contributed by atoms with Gasteiger partial charge in [0.25, 0.3) is 0 Å². The number of anilines is 1. The summed E-state index contributed by atoms with van der Waals surface area (Å²) in [6.45, 7) is 0.792. The number of ether oxygens (including phenoxy) is 2. The molecule has 0 heterocycles. The number of halogens is 6. The lowest BCUT2D eigenvalue weighted by Crippen LogP contribution is -2.16. The zero-order valence-electron chi connectivity index (χ0n) is 20.2. The Bertz CT molecular complexity index is 1080. The molecule has 37 heavy (non-hydrogen) atoms. The van der Waals surface area contributed by atoms with E-state index in [1.807, 2.05) is 24.3 Å². The maximum atomic E-state index is 12.4. The van der Waals surface area contributed by atoms with E-state index in [0.717, 1.165) is 24.8 Å². The quantitative estimate of drug-likeness (QED) is 0.179. The van der Waals surface area contributed by atoms with Gasteiger partial charge in [0.15, 0.2) is 0 Å². The van der Waals surface area contributed by atoms with Crippen molar-refractivity contribution in [3.05, 3.63) is 78.4 Å². The van der Waals surface area contributed by atoms with Gasteiger partial charge in [0, 0.05) is 13.0 Å². The summed E-state index contributed by atoms with van der Waals surface area (Å²) in [5.41, 5.74) is 3.35. The first-order valence-corrected chi connectivity index (χ1v) is 12.1. The Morgan fingerprint density at radius 2 is 1.41 bits per heavy atom. The number of hydrogen-bond donors (Lipinski definition) is 1. The van der Waals surface area contributed by atoms with Crippen molar-refractivity contribution in [1.82, 2.24) is 0 Å². The molecule has 0 saturated carbocycles. The van der Waals surface area contributed by atoms with Crippen LogP contribution in [0.4, 0.5) is 32.0 Å². The molecule has 9 heteroatoms. The number of benzene rings is 3. The third kappa shape index (κ3) is 10.7. The molecule has 0 spiro atoms. The third-order valence-electron chi connectivity index (χ3n) is 5.56. The number of nitrogens with one attached hydrogen (secondary N) is 1. The lowest BCUT2D eigenvalue weighted by molar-refractivity contribution is -0.274. The lowest BCUT2D eigenvalue weighted by Gasteiger charge is -2.16. The molecule has 3 rings (SSSR count). The van der Waals surface area contributed by atoms with Crippen molar-refractivity contribution in [1.29, 1.82) is 0 Å². The van der Waals surface area contributed by atoms with Gasteiger partial charge in [0.1, 0.15) is 11.5 Å². The summed E-state index contributed by atoms with van der Waals surface area (Å²) in [5, 5.41) is 3.34. The number of alkyl halides is 6. The monoisotopic (exact) mass is 525 g/mol. The van der Waals surface area contributed by atoms with Gasteiger partial charge in [-0.1, -0.05) is 48.5 Å². The van der Waals surface area contributed by atoms with Crippen molar-refractivity contribution in [2.24, 2.45) is 0 Å². The average molecular weight is 526 g/mol. The Kier molecular flexibility index (Phi) is 10.1. The molecule has 3 nitrogen and oxygen atoms in total. The molecule has 0 fully saturated rings. The van der Waals surface area contributed by atoms with E-state index >= 15 is 0 Å². The molecule has 0 atom stereocenters. The Balaban J connectivity index is 1.63. The zero-order chi connectivity index (χ0) is 26.7. The van der Waals surface area contributed by atoms with Crippen molar-refractivity contribution < 1.29 is 35.8 Å². The van der Waals surface area contributed by atoms with Crippen LogP contribution in [0.1, 0.15) is 37.7 Å². The molecule has 0 aliphatic rings. The van der Waals surface area contributed by atoms with E-state index in [-0.39, 0.29) is 25.2 Å². The average Bonchev–Trinajstić information content (AvgIpc) is 2.84. The molecule has 1 N–H and O–H groups in total. The van der Waals surface area contributed by atoms with E-state index in [1.165, 1.54) is 29.8 Å². The van der Waals surface area contributed by atoms with E-state index in [0.29, 0.717) is 23.5 Å². The normalized spacial score (nSPS) is 11.8. The van der Waals surface area contributed by atoms with Crippen LogP contribution in [0.3, 0.4) is 0 Å². The molecule has 0 unspecified atom stereocenters. The van der Waals surface area contributed by atoms with Crippen molar-refractivity contribution in [3.63, 3.8) is 0 Å². The highest BCUT2D eigenvalue weighted by Gasteiger charge is 2.31. The van der Waals surface area contributed by atoms with Crippen molar-refractivity contribution >= 4 is 5.69 Å². The highest BCUT2D eigenvalue weighted by molar-refractivity contribution is 5.72.